The second-order valence-corrected chi connectivity index (χ2v) is 5.98. The van der Waals surface area contributed by atoms with E-state index in [0.29, 0.717) is 32.7 Å². The van der Waals surface area contributed by atoms with Crippen LogP contribution in [0.3, 0.4) is 0 Å². The summed E-state index contributed by atoms with van der Waals surface area (Å²) in [4.78, 5) is 28.1. The molecule has 7 heteroatoms. The molecule has 20 heavy (non-hydrogen) atoms. The average Bonchev–Trinajstić information content (AvgIpc) is 3.06. The Bertz CT molecular complexity index is 398. The lowest BCUT2D eigenvalue weighted by molar-refractivity contribution is -0.143. The number of hydrogen-bond acceptors (Lipinski definition) is 3. The molecule has 3 amide bonds. The maximum Gasteiger partial charge on any atom is 0.317 e. The SMILES string of the molecule is Cl.NCC1(C(=O)N2CCN3C(=O)NCC3C2)CCCC1. The van der Waals surface area contributed by atoms with Crippen molar-refractivity contribution in [3.63, 3.8) is 0 Å². The van der Waals surface area contributed by atoms with Crippen LogP contribution in [0.15, 0.2) is 0 Å². The van der Waals surface area contributed by atoms with Crippen molar-refractivity contribution in [1.29, 1.82) is 0 Å². The largest absolute Gasteiger partial charge is 0.338 e. The van der Waals surface area contributed by atoms with Gasteiger partial charge in [-0.05, 0) is 12.8 Å². The first-order valence-corrected chi connectivity index (χ1v) is 7.20. The Hall–Kier alpha value is -1.01. The maximum atomic E-state index is 12.7. The van der Waals surface area contributed by atoms with E-state index in [1.54, 1.807) is 0 Å². The molecule has 2 aliphatic heterocycles. The van der Waals surface area contributed by atoms with Crippen LogP contribution in [0.25, 0.3) is 0 Å². The van der Waals surface area contributed by atoms with Crippen molar-refractivity contribution in [1.82, 2.24) is 15.1 Å². The number of nitrogens with zero attached hydrogens (tertiary/aromatic N) is 2. The minimum absolute atomic E-state index is 0. The van der Waals surface area contributed by atoms with Gasteiger partial charge in [-0.2, -0.15) is 0 Å². The van der Waals surface area contributed by atoms with E-state index >= 15 is 0 Å². The molecular formula is C13H23ClN4O2. The first-order chi connectivity index (χ1) is 9.16. The molecule has 3 fully saturated rings. The molecule has 3 rings (SSSR count). The molecule has 0 aromatic rings. The Labute approximate surface area is 125 Å². The molecular weight excluding hydrogens is 280 g/mol. The van der Waals surface area contributed by atoms with Crippen LogP contribution in [0.2, 0.25) is 0 Å². The zero-order valence-electron chi connectivity index (χ0n) is 11.6. The van der Waals surface area contributed by atoms with Crippen molar-refractivity contribution in [2.75, 3.05) is 32.7 Å². The molecule has 0 radical (unpaired) electrons. The smallest absolute Gasteiger partial charge is 0.317 e. The Morgan fingerprint density at radius 2 is 2.05 bits per heavy atom. The van der Waals surface area contributed by atoms with Crippen molar-refractivity contribution >= 4 is 24.3 Å². The number of piperazine rings is 1. The first-order valence-electron chi connectivity index (χ1n) is 7.20. The summed E-state index contributed by atoms with van der Waals surface area (Å²) in [6, 6.07) is 0.146. The minimum atomic E-state index is -0.321. The summed E-state index contributed by atoms with van der Waals surface area (Å²) >= 11 is 0. The highest BCUT2D eigenvalue weighted by atomic mass is 35.5. The molecule has 2 saturated heterocycles. The van der Waals surface area contributed by atoms with Crippen molar-refractivity contribution < 1.29 is 9.59 Å². The summed E-state index contributed by atoms with van der Waals surface area (Å²) in [5.41, 5.74) is 5.56. The van der Waals surface area contributed by atoms with Crippen LogP contribution in [0, 0.1) is 5.41 Å². The third-order valence-corrected chi connectivity index (χ3v) is 4.92. The van der Waals surface area contributed by atoms with Gasteiger partial charge in [0.15, 0.2) is 0 Å². The van der Waals surface area contributed by atoms with Crippen LogP contribution < -0.4 is 11.1 Å². The monoisotopic (exact) mass is 302 g/mol. The lowest BCUT2D eigenvalue weighted by atomic mass is 9.84. The molecule has 0 spiro atoms. The molecule has 0 aromatic heterocycles. The Morgan fingerprint density at radius 1 is 1.35 bits per heavy atom. The fourth-order valence-electron chi connectivity index (χ4n) is 3.68. The second kappa shape index (κ2) is 5.77. The fourth-order valence-corrected chi connectivity index (χ4v) is 3.68. The standard InChI is InChI=1S/C13H22N4O2.ClH/c14-9-13(3-1-2-4-13)11(18)16-5-6-17-10(8-16)7-15-12(17)19;/h10H,1-9,14H2,(H,15,19);1H. The third-order valence-electron chi connectivity index (χ3n) is 4.92. The highest BCUT2D eigenvalue weighted by molar-refractivity contribution is 5.85. The van der Waals surface area contributed by atoms with Crippen molar-refractivity contribution in [2.24, 2.45) is 11.1 Å². The van der Waals surface area contributed by atoms with Gasteiger partial charge >= 0.3 is 6.03 Å². The van der Waals surface area contributed by atoms with Gasteiger partial charge in [0, 0.05) is 32.7 Å². The number of amides is 3. The topological polar surface area (TPSA) is 78.7 Å². The number of urea groups is 1. The quantitative estimate of drug-likeness (QED) is 0.763. The number of nitrogens with two attached hydrogens (primary N) is 1. The summed E-state index contributed by atoms with van der Waals surface area (Å²) in [5.74, 6) is 0.214. The van der Waals surface area contributed by atoms with Crippen molar-refractivity contribution in [3.05, 3.63) is 0 Å². The predicted octanol–water partition coefficient (Wildman–Crippen LogP) is 0.163. The molecule has 0 aromatic carbocycles. The van der Waals surface area contributed by atoms with E-state index in [2.05, 4.69) is 5.32 Å². The normalized spacial score (nSPS) is 27.9. The molecule has 2 heterocycles. The Balaban J connectivity index is 0.00000147. The average molecular weight is 303 g/mol. The van der Waals surface area contributed by atoms with Crippen LogP contribution in [0.5, 0.6) is 0 Å². The first kappa shape index (κ1) is 15.4. The molecule has 1 aliphatic carbocycles. The van der Waals surface area contributed by atoms with Crippen LogP contribution in [-0.2, 0) is 4.79 Å². The van der Waals surface area contributed by atoms with E-state index in [1.807, 2.05) is 9.80 Å². The number of carbonyl (C=O) groups excluding carboxylic acids is 2. The van der Waals surface area contributed by atoms with Gasteiger partial charge in [-0.3, -0.25) is 4.79 Å². The van der Waals surface area contributed by atoms with Crippen LogP contribution >= 0.6 is 12.4 Å². The zero-order chi connectivity index (χ0) is 13.5. The van der Waals surface area contributed by atoms with Gasteiger partial charge in [-0.1, -0.05) is 12.8 Å². The van der Waals surface area contributed by atoms with E-state index < -0.39 is 0 Å². The molecule has 114 valence electrons. The highest BCUT2D eigenvalue weighted by Gasteiger charge is 2.45. The van der Waals surface area contributed by atoms with E-state index in [9.17, 15) is 9.59 Å². The maximum absolute atomic E-state index is 12.7. The number of hydrogen-bond donors (Lipinski definition) is 2. The summed E-state index contributed by atoms with van der Waals surface area (Å²) in [6.07, 6.45) is 4.05. The third kappa shape index (κ3) is 2.35. The second-order valence-electron chi connectivity index (χ2n) is 5.98. The number of halogens is 1. The van der Waals surface area contributed by atoms with Gasteiger partial charge < -0.3 is 20.9 Å². The number of fused-ring (bicyclic) bond motifs is 1. The molecule has 3 N–H and O–H groups in total. The van der Waals surface area contributed by atoms with Crippen molar-refractivity contribution in [2.45, 2.75) is 31.7 Å². The van der Waals surface area contributed by atoms with E-state index in [1.165, 1.54) is 0 Å². The van der Waals surface area contributed by atoms with Gasteiger partial charge in [0.25, 0.3) is 0 Å². The molecule has 1 unspecified atom stereocenters. The van der Waals surface area contributed by atoms with Crippen molar-refractivity contribution in [3.8, 4) is 0 Å². The predicted molar refractivity (Wildman–Crippen MR) is 77.7 cm³/mol. The van der Waals surface area contributed by atoms with Gasteiger partial charge in [0.2, 0.25) is 5.91 Å². The molecule has 1 atom stereocenters. The summed E-state index contributed by atoms with van der Waals surface area (Å²) in [5, 5.41) is 2.84. The number of nitrogens with one attached hydrogen (secondary N) is 1. The van der Waals surface area contributed by atoms with E-state index in [-0.39, 0.29) is 35.8 Å². The summed E-state index contributed by atoms with van der Waals surface area (Å²) < 4.78 is 0. The Morgan fingerprint density at radius 3 is 2.70 bits per heavy atom. The van der Waals surface area contributed by atoms with Crippen LogP contribution in [-0.4, -0.2) is 60.5 Å². The van der Waals surface area contributed by atoms with Crippen LogP contribution in [0.4, 0.5) is 4.79 Å². The van der Waals surface area contributed by atoms with E-state index in [4.69, 9.17) is 5.73 Å². The lowest BCUT2D eigenvalue weighted by Crippen LogP contribution is -2.57. The van der Waals surface area contributed by atoms with Crippen LogP contribution in [0.1, 0.15) is 25.7 Å². The Kier molecular flexibility index (Phi) is 4.44. The van der Waals surface area contributed by atoms with Gasteiger partial charge in [0.05, 0.1) is 11.5 Å². The lowest BCUT2D eigenvalue weighted by Gasteiger charge is -2.40. The molecule has 0 bridgehead atoms. The van der Waals surface area contributed by atoms with Gasteiger partial charge in [-0.15, -0.1) is 12.4 Å². The molecule has 3 aliphatic rings. The van der Waals surface area contributed by atoms with Gasteiger partial charge in [0.1, 0.15) is 0 Å². The minimum Gasteiger partial charge on any atom is -0.338 e. The summed E-state index contributed by atoms with van der Waals surface area (Å²) in [7, 11) is 0. The molecule has 1 saturated carbocycles. The highest BCUT2D eigenvalue weighted by Crippen LogP contribution is 2.39. The summed E-state index contributed by atoms with van der Waals surface area (Å²) in [6.45, 7) is 3.04. The van der Waals surface area contributed by atoms with Gasteiger partial charge in [-0.25, -0.2) is 4.79 Å². The fraction of sp³-hybridized carbons (Fsp3) is 0.846. The number of carbonyl (C=O) groups is 2. The molecule has 6 nitrogen and oxygen atoms in total. The number of rotatable bonds is 2. The zero-order valence-corrected chi connectivity index (χ0v) is 12.5. The van der Waals surface area contributed by atoms with E-state index in [0.717, 1.165) is 25.7 Å².